The Labute approximate surface area is 158 Å². The maximum Gasteiger partial charge on any atom is 0.251 e. The van der Waals surface area contributed by atoms with Crippen molar-refractivity contribution < 1.29 is 4.79 Å². The minimum atomic E-state index is -0.0238. The molecule has 0 unspecified atom stereocenters. The number of nitrogens with zero attached hydrogens (tertiary/aromatic N) is 1. The third kappa shape index (κ3) is 5.03. The highest BCUT2D eigenvalue weighted by Crippen LogP contribution is 2.45. The molecule has 1 saturated heterocycles. The van der Waals surface area contributed by atoms with Crippen molar-refractivity contribution in [2.75, 3.05) is 32.1 Å². The average molecular weight is 373 g/mol. The van der Waals surface area contributed by atoms with Gasteiger partial charge in [0.15, 0.2) is 0 Å². The number of carbonyl (C=O) groups excluding carboxylic acids is 1. The number of carbonyl (C=O) groups is 1. The quantitative estimate of drug-likeness (QED) is 0.824. The Morgan fingerprint density at radius 3 is 2.32 bits per heavy atom. The smallest absolute Gasteiger partial charge is 0.251 e. The first-order valence-corrected chi connectivity index (χ1v) is 10.6. The van der Waals surface area contributed by atoms with Gasteiger partial charge in [-0.2, -0.15) is 0 Å². The van der Waals surface area contributed by atoms with Crippen molar-refractivity contribution in [1.82, 2.24) is 10.2 Å². The van der Waals surface area contributed by atoms with Gasteiger partial charge in [0.05, 0.1) is 10.6 Å². The maximum atomic E-state index is 12.7. The minimum Gasteiger partial charge on any atom is -0.344 e. The second-order valence-electron chi connectivity index (χ2n) is 6.39. The molecule has 0 spiro atoms. The highest BCUT2D eigenvalue weighted by molar-refractivity contribution is 8.19. The topological polar surface area (TPSA) is 32.3 Å². The van der Waals surface area contributed by atoms with E-state index < -0.39 is 0 Å². The van der Waals surface area contributed by atoms with Crippen molar-refractivity contribution in [3.63, 3.8) is 0 Å². The molecule has 1 atom stereocenters. The molecule has 2 aromatic rings. The van der Waals surface area contributed by atoms with Gasteiger partial charge < -0.3 is 10.2 Å². The minimum absolute atomic E-state index is 0.0195. The maximum absolute atomic E-state index is 12.7. The summed E-state index contributed by atoms with van der Waals surface area (Å²) < 4.78 is 0.517. The van der Waals surface area contributed by atoms with Crippen LogP contribution in [0.2, 0.25) is 0 Å². The van der Waals surface area contributed by atoms with Crippen LogP contribution in [0.3, 0.4) is 0 Å². The van der Waals surface area contributed by atoms with Gasteiger partial charge in [-0.3, -0.25) is 4.79 Å². The molecule has 1 amide bonds. The van der Waals surface area contributed by atoms with Crippen LogP contribution in [0.25, 0.3) is 0 Å². The lowest BCUT2D eigenvalue weighted by Gasteiger charge is -2.23. The summed E-state index contributed by atoms with van der Waals surface area (Å²) in [5, 5.41) is 3.18. The lowest BCUT2D eigenvalue weighted by atomic mass is 10.1. The van der Waals surface area contributed by atoms with E-state index >= 15 is 0 Å². The van der Waals surface area contributed by atoms with Crippen LogP contribution in [0.1, 0.15) is 32.1 Å². The number of benzene rings is 2. The van der Waals surface area contributed by atoms with E-state index in [1.807, 2.05) is 68.0 Å². The molecule has 1 N–H and O–H groups in total. The summed E-state index contributed by atoms with van der Waals surface area (Å²) in [7, 11) is 4.04. The Bertz CT molecular complexity index is 683. The van der Waals surface area contributed by atoms with E-state index in [0.717, 1.165) is 17.7 Å². The van der Waals surface area contributed by atoms with Gasteiger partial charge in [0.1, 0.15) is 0 Å². The number of thioether (sulfide) groups is 2. The van der Waals surface area contributed by atoms with E-state index in [-0.39, 0.29) is 11.9 Å². The molecule has 1 aliphatic rings. The molecule has 0 bridgehead atoms. The fourth-order valence-electron chi connectivity index (χ4n) is 2.87. The van der Waals surface area contributed by atoms with Crippen molar-refractivity contribution in [1.29, 1.82) is 0 Å². The van der Waals surface area contributed by atoms with Crippen molar-refractivity contribution in [2.45, 2.75) is 10.6 Å². The van der Waals surface area contributed by atoms with Gasteiger partial charge in [0.2, 0.25) is 0 Å². The summed E-state index contributed by atoms with van der Waals surface area (Å²) in [4.78, 5) is 14.8. The molecule has 2 aromatic carbocycles. The van der Waals surface area contributed by atoms with E-state index in [2.05, 4.69) is 34.5 Å². The summed E-state index contributed by atoms with van der Waals surface area (Å²) in [6.07, 6.45) is 0. The van der Waals surface area contributed by atoms with E-state index in [4.69, 9.17) is 0 Å². The SMILES string of the molecule is CN(C)C[C@@H](NC(=O)c1ccc(C2SCCS2)cc1)c1ccccc1. The molecule has 25 heavy (non-hydrogen) atoms. The van der Waals surface area contributed by atoms with E-state index in [1.165, 1.54) is 17.1 Å². The molecule has 5 heteroatoms. The summed E-state index contributed by atoms with van der Waals surface area (Å²) in [5.41, 5.74) is 3.15. The van der Waals surface area contributed by atoms with Gasteiger partial charge in [-0.05, 0) is 37.4 Å². The monoisotopic (exact) mass is 372 g/mol. The molecule has 1 heterocycles. The number of nitrogens with one attached hydrogen (secondary N) is 1. The molecule has 0 saturated carbocycles. The van der Waals surface area contributed by atoms with Crippen LogP contribution < -0.4 is 5.32 Å². The Morgan fingerprint density at radius 1 is 1.08 bits per heavy atom. The van der Waals surface area contributed by atoms with Gasteiger partial charge in [0, 0.05) is 23.6 Å². The number of rotatable bonds is 6. The van der Waals surface area contributed by atoms with E-state index in [9.17, 15) is 4.79 Å². The predicted octanol–water partition coefficient (Wildman–Crippen LogP) is 4.20. The van der Waals surface area contributed by atoms with Crippen molar-refractivity contribution in [2.24, 2.45) is 0 Å². The summed E-state index contributed by atoms with van der Waals surface area (Å²) >= 11 is 3.96. The number of amides is 1. The Kier molecular flexibility index (Phi) is 6.45. The normalized spacial score (nSPS) is 16.1. The van der Waals surface area contributed by atoms with Gasteiger partial charge >= 0.3 is 0 Å². The lowest BCUT2D eigenvalue weighted by molar-refractivity contribution is 0.0930. The van der Waals surface area contributed by atoms with E-state index in [0.29, 0.717) is 4.58 Å². The summed E-state index contributed by atoms with van der Waals surface area (Å²) in [6.45, 7) is 0.767. The summed E-state index contributed by atoms with van der Waals surface area (Å²) in [6, 6.07) is 18.2. The van der Waals surface area contributed by atoms with Crippen LogP contribution in [0.4, 0.5) is 0 Å². The highest BCUT2D eigenvalue weighted by atomic mass is 32.2. The van der Waals surface area contributed by atoms with Crippen LogP contribution in [-0.4, -0.2) is 43.0 Å². The molecule has 1 fully saturated rings. The third-order valence-electron chi connectivity index (χ3n) is 4.12. The number of likely N-dealkylation sites (N-methyl/N-ethyl adjacent to an activating group) is 1. The van der Waals surface area contributed by atoms with Crippen LogP contribution in [0.5, 0.6) is 0 Å². The Balaban J connectivity index is 1.70. The van der Waals surface area contributed by atoms with E-state index in [1.54, 1.807) is 0 Å². The van der Waals surface area contributed by atoms with Crippen molar-refractivity contribution in [3.8, 4) is 0 Å². The second kappa shape index (κ2) is 8.79. The number of hydrogen-bond acceptors (Lipinski definition) is 4. The highest BCUT2D eigenvalue weighted by Gasteiger charge is 2.20. The fourth-order valence-corrected chi connectivity index (χ4v) is 5.73. The molecular formula is C20H24N2OS2. The summed E-state index contributed by atoms with van der Waals surface area (Å²) in [5.74, 6) is 2.40. The molecule has 132 valence electrons. The number of hydrogen-bond donors (Lipinski definition) is 1. The van der Waals surface area contributed by atoms with Gasteiger partial charge in [-0.1, -0.05) is 42.5 Å². The zero-order valence-electron chi connectivity index (χ0n) is 14.6. The largest absolute Gasteiger partial charge is 0.344 e. The average Bonchev–Trinajstić information content (AvgIpc) is 3.16. The van der Waals surface area contributed by atoms with Crippen molar-refractivity contribution >= 4 is 29.4 Å². The third-order valence-corrected chi connectivity index (χ3v) is 7.23. The van der Waals surface area contributed by atoms with Crippen LogP contribution in [0, 0.1) is 0 Å². The Hall–Kier alpha value is -1.43. The first-order valence-electron chi connectivity index (χ1n) is 8.47. The van der Waals surface area contributed by atoms with Gasteiger partial charge in [-0.25, -0.2) is 0 Å². The Morgan fingerprint density at radius 2 is 1.72 bits per heavy atom. The molecule has 1 aliphatic heterocycles. The second-order valence-corrected chi connectivity index (χ2v) is 9.12. The fraction of sp³-hybridized carbons (Fsp3) is 0.350. The molecule has 0 radical (unpaired) electrons. The van der Waals surface area contributed by atoms with Crippen LogP contribution >= 0.6 is 23.5 Å². The first-order chi connectivity index (χ1) is 12.1. The van der Waals surface area contributed by atoms with Gasteiger partial charge in [-0.15, -0.1) is 23.5 Å². The molecule has 3 nitrogen and oxygen atoms in total. The molecular weight excluding hydrogens is 348 g/mol. The van der Waals surface area contributed by atoms with Gasteiger partial charge in [0.25, 0.3) is 5.91 Å². The van der Waals surface area contributed by atoms with Crippen LogP contribution in [0.15, 0.2) is 54.6 Å². The molecule has 0 aromatic heterocycles. The zero-order chi connectivity index (χ0) is 17.6. The molecule has 3 rings (SSSR count). The first kappa shape index (κ1) is 18.4. The standard InChI is InChI=1S/C20H24N2OS2/c1-22(2)14-18(15-6-4-3-5-7-15)21-19(23)16-8-10-17(11-9-16)20-24-12-13-25-20/h3-11,18,20H,12-14H2,1-2H3,(H,21,23)/t18-/m1/s1. The molecule has 0 aliphatic carbocycles. The lowest BCUT2D eigenvalue weighted by Crippen LogP contribution is -2.35. The van der Waals surface area contributed by atoms with Crippen molar-refractivity contribution in [3.05, 3.63) is 71.3 Å². The predicted molar refractivity (Wildman–Crippen MR) is 109 cm³/mol. The zero-order valence-corrected chi connectivity index (χ0v) is 16.3. The van der Waals surface area contributed by atoms with Crippen LogP contribution in [-0.2, 0) is 0 Å².